The summed E-state index contributed by atoms with van der Waals surface area (Å²) in [5.74, 6) is 3.44. The summed E-state index contributed by atoms with van der Waals surface area (Å²) in [6.07, 6.45) is 4.79. The summed E-state index contributed by atoms with van der Waals surface area (Å²) < 4.78 is 5.98. The number of hydrogen-bond acceptors (Lipinski definition) is 2. The van der Waals surface area contributed by atoms with Crippen LogP contribution in [0.1, 0.15) is 62.0 Å². The lowest BCUT2D eigenvalue weighted by molar-refractivity contribution is 0.378. The van der Waals surface area contributed by atoms with Gasteiger partial charge in [0.2, 0.25) is 0 Å². The molecule has 2 heteroatoms. The van der Waals surface area contributed by atoms with Crippen LogP contribution < -0.4 is 5.73 Å². The summed E-state index contributed by atoms with van der Waals surface area (Å²) in [6.45, 7) is 5.13. The molecular weight excluding hydrogens is 186 g/mol. The first-order valence-corrected chi connectivity index (χ1v) is 6.05. The van der Waals surface area contributed by atoms with Crippen LogP contribution >= 0.6 is 0 Å². The molecule has 0 radical (unpaired) electrons. The minimum Gasteiger partial charge on any atom is -0.465 e. The first-order valence-electron chi connectivity index (χ1n) is 6.05. The van der Waals surface area contributed by atoms with Crippen LogP contribution in [-0.4, -0.2) is 6.54 Å². The van der Waals surface area contributed by atoms with E-state index < -0.39 is 0 Å². The Morgan fingerprint density at radius 2 is 2.33 bits per heavy atom. The van der Waals surface area contributed by atoms with Crippen LogP contribution in [0.4, 0.5) is 0 Å². The second-order valence-corrected chi connectivity index (χ2v) is 4.86. The topological polar surface area (TPSA) is 39.2 Å². The van der Waals surface area contributed by atoms with Gasteiger partial charge >= 0.3 is 0 Å². The molecule has 15 heavy (non-hydrogen) atoms. The first kappa shape index (κ1) is 10.7. The van der Waals surface area contributed by atoms with Crippen LogP contribution in [0.15, 0.2) is 10.5 Å². The average molecular weight is 207 g/mol. The number of furan rings is 1. The summed E-state index contributed by atoms with van der Waals surface area (Å²) in [4.78, 5) is 0. The van der Waals surface area contributed by atoms with Crippen LogP contribution in [0.5, 0.6) is 0 Å². The van der Waals surface area contributed by atoms with Crippen molar-refractivity contribution in [1.29, 1.82) is 0 Å². The van der Waals surface area contributed by atoms with Gasteiger partial charge in [-0.1, -0.05) is 13.8 Å². The van der Waals surface area contributed by atoms with Crippen LogP contribution in [0, 0.1) is 0 Å². The quantitative estimate of drug-likeness (QED) is 0.826. The maximum atomic E-state index is 5.98. The fourth-order valence-corrected chi connectivity index (χ4v) is 2.44. The van der Waals surface area contributed by atoms with Crippen molar-refractivity contribution >= 4 is 0 Å². The monoisotopic (exact) mass is 207 g/mol. The predicted octanol–water partition coefficient (Wildman–Crippen LogP) is 3.17. The lowest BCUT2D eigenvalue weighted by atomic mass is 9.86. The molecule has 2 N–H and O–H groups in total. The molecule has 0 saturated heterocycles. The smallest absolute Gasteiger partial charge is 0.110 e. The third-order valence-electron chi connectivity index (χ3n) is 3.31. The maximum absolute atomic E-state index is 5.98. The fourth-order valence-electron chi connectivity index (χ4n) is 2.44. The van der Waals surface area contributed by atoms with E-state index in [1.54, 1.807) is 0 Å². The van der Waals surface area contributed by atoms with E-state index in [0.29, 0.717) is 11.8 Å². The van der Waals surface area contributed by atoms with Crippen molar-refractivity contribution in [2.45, 2.75) is 51.4 Å². The summed E-state index contributed by atoms with van der Waals surface area (Å²) in [6, 6.07) is 2.25. The second-order valence-electron chi connectivity index (χ2n) is 4.86. The van der Waals surface area contributed by atoms with E-state index in [2.05, 4.69) is 19.9 Å². The Hall–Kier alpha value is -0.760. The van der Waals surface area contributed by atoms with Gasteiger partial charge in [0.15, 0.2) is 0 Å². The minimum absolute atomic E-state index is 0.495. The summed E-state index contributed by atoms with van der Waals surface area (Å²) >= 11 is 0. The van der Waals surface area contributed by atoms with E-state index in [1.165, 1.54) is 30.6 Å². The Kier molecular flexibility index (Phi) is 3.15. The van der Waals surface area contributed by atoms with Crippen LogP contribution in [0.3, 0.4) is 0 Å². The Morgan fingerprint density at radius 3 is 3.00 bits per heavy atom. The number of aryl methyl sites for hydroxylation is 1. The van der Waals surface area contributed by atoms with Crippen molar-refractivity contribution in [2.24, 2.45) is 5.73 Å². The largest absolute Gasteiger partial charge is 0.465 e. The molecule has 0 aliphatic heterocycles. The normalized spacial score (nSPS) is 20.7. The fraction of sp³-hybridized carbons (Fsp3) is 0.692. The lowest BCUT2D eigenvalue weighted by Gasteiger charge is -2.20. The van der Waals surface area contributed by atoms with Gasteiger partial charge in [0.25, 0.3) is 0 Å². The van der Waals surface area contributed by atoms with Crippen LogP contribution in [0.2, 0.25) is 0 Å². The zero-order valence-corrected chi connectivity index (χ0v) is 9.75. The molecule has 84 valence electrons. The van der Waals surface area contributed by atoms with Crippen molar-refractivity contribution in [2.75, 3.05) is 6.54 Å². The third kappa shape index (κ3) is 2.10. The van der Waals surface area contributed by atoms with E-state index in [-0.39, 0.29) is 0 Å². The Morgan fingerprint density at radius 1 is 1.53 bits per heavy atom. The highest BCUT2D eigenvalue weighted by Gasteiger charge is 2.24. The van der Waals surface area contributed by atoms with E-state index >= 15 is 0 Å². The summed E-state index contributed by atoms with van der Waals surface area (Å²) in [5, 5.41) is 0. The van der Waals surface area contributed by atoms with Crippen LogP contribution in [0.25, 0.3) is 0 Å². The van der Waals surface area contributed by atoms with E-state index in [1.807, 2.05) is 0 Å². The SMILES string of the molecule is CC(C)c1cc2c(o1)C(CCN)CCC2. The molecule has 0 aromatic carbocycles. The molecule has 0 spiro atoms. The van der Waals surface area contributed by atoms with Gasteiger partial charge in [-0.25, -0.2) is 0 Å². The molecule has 2 rings (SSSR count). The van der Waals surface area contributed by atoms with Crippen LogP contribution in [-0.2, 0) is 6.42 Å². The Labute approximate surface area is 91.8 Å². The van der Waals surface area contributed by atoms with E-state index in [9.17, 15) is 0 Å². The van der Waals surface area contributed by atoms with Gasteiger partial charge < -0.3 is 10.2 Å². The Balaban J connectivity index is 2.26. The molecule has 1 aromatic rings. The molecule has 1 atom stereocenters. The maximum Gasteiger partial charge on any atom is 0.110 e. The molecule has 2 nitrogen and oxygen atoms in total. The van der Waals surface area contributed by atoms with Gasteiger partial charge in [-0.05, 0) is 43.9 Å². The summed E-state index contributed by atoms with van der Waals surface area (Å²) in [5.41, 5.74) is 7.08. The highest BCUT2D eigenvalue weighted by Crippen LogP contribution is 2.37. The molecule has 0 bridgehead atoms. The Bertz CT molecular complexity index is 327. The highest BCUT2D eigenvalue weighted by atomic mass is 16.3. The molecular formula is C13H21NO. The lowest BCUT2D eigenvalue weighted by Crippen LogP contribution is -2.12. The van der Waals surface area contributed by atoms with Gasteiger partial charge in [0, 0.05) is 11.8 Å². The van der Waals surface area contributed by atoms with Gasteiger partial charge in [0.05, 0.1) is 0 Å². The molecule has 1 unspecified atom stereocenters. The zero-order valence-electron chi connectivity index (χ0n) is 9.75. The van der Waals surface area contributed by atoms with Gasteiger partial charge in [-0.3, -0.25) is 0 Å². The molecule has 1 aromatic heterocycles. The van der Waals surface area contributed by atoms with E-state index in [4.69, 9.17) is 10.2 Å². The number of hydrogen-bond donors (Lipinski definition) is 1. The number of rotatable bonds is 3. The van der Waals surface area contributed by atoms with Gasteiger partial charge in [0.1, 0.15) is 11.5 Å². The van der Waals surface area contributed by atoms with Crippen molar-refractivity contribution in [1.82, 2.24) is 0 Å². The number of fused-ring (bicyclic) bond motifs is 1. The molecule has 1 aliphatic carbocycles. The van der Waals surface area contributed by atoms with Crippen molar-refractivity contribution < 1.29 is 4.42 Å². The molecule has 1 heterocycles. The first-order chi connectivity index (χ1) is 7.22. The standard InChI is InChI=1S/C13H21NO/c1-9(2)12-8-11-5-3-4-10(6-7-14)13(11)15-12/h8-10H,3-7,14H2,1-2H3. The van der Waals surface area contributed by atoms with Crippen molar-refractivity contribution in [3.63, 3.8) is 0 Å². The van der Waals surface area contributed by atoms with Gasteiger partial charge in [-0.2, -0.15) is 0 Å². The summed E-state index contributed by atoms with van der Waals surface area (Å²) in [7, 11) is 0. The third-order valence-corrected chi connectivity index (χ3v) is 3.31. The number of nitrogens with two attached hydrogens (primary N) is 1. The second kappa shape index (κ2) is 4.40. The van der Waals surface area contributed by atoms with Gasteiger partial charge in [-0.15, -0.1) is 0 Å². The molecule has 0 amide bonds. The predicted molar refractivity (Wildman–Crippen MR) is 62.1 cm³/mol. The van der Waals surface area contributed by atoms with Crippen molar-refractivity contribution in [3.05, 3.63) is 23.2 Å². The van der Waals surface area contributed by atoms with E-state index in [0.717, 1.165) is 18.7 Å². The minimum atomic E-state index is 0.495. The molecule has 0 fully saturated rings. The zero-order chi connectivity index (χ0) is 10.8. The molecule has 1 aliphatic rings. The van der Waals surface area contributed by atoms with Crippen molar-refractivity contribution in [3.8, 4) is 0 Å². The molecule has 0 saturated carbocycles. The highest BCUT2D eigenvalue weighted by molar-refractivity contribution is 5.28. The average Bonchev–Trinajstić information content (AvgIpc) is 2.63.